The first-order valence-corrected chi connectivity index (χ1v) is 9.05. The predicted molar refractivity (Wildman–Crippen MR) is 104 cm³/mol. The lowest BCUT2D eigenvalue weighted by Gasteiger charge is -2.10. The van der Waals surface area contributed by atoms with E-state index in [1.807, 2.05) is 13.2 Å². The lowest BCUT2D eigenvalue weighted by atomic mass is 10.0. The second-order valence-electron chi connectivity index (χ2n) is 7.20. The summed E-state index contributed by atoms with van der Waals surface area (Å²) in [6, 6.07) is 10.7. The molecule has 0 saturated heterocycles. The Kier molecular flexibility index (Phi) is 4.07. The molecule has 0 bridgehead atoms. The minimum atomic E-state index is 0.542. The molecule has 0 spiro atoms. The van der Waals surface area contributed by atoms with Crippen LogP contribution >= 0.6 is 0 Å². The first-order valence-electron chi connectivity index (χ1n) is 9.05. The largest absolute Gasteiger partial charge is 0.359 e. The molecule has 2 aromatic heterocycles. The SMILES string of the molecule is CNc1nc2cnc(Nc3ccc(C(C)C)cc3)cc2n1CC1CC1. The third kappa shape index (κ3) is 3.31. The Bertz CT molecular complexity index is 875. The third-order valence-electron chi connectivity index (χ3n) is 4.85. The molecular formula is C20H25N5. The molecular weight excluding hydrogens is 310 g/mol. The van der Waals surface area contributed by atoms with Crippen LogP contribution in [0.2, 0.25) is 0 Å². The zero-order chi connectivity index (χ0) is 17.4. The van der Waals surface area contributed by atoms with Crippen molar-refractivity contribution in [1.29, 1.82) is 0 Å². The predicted octanol–water partition coefficient (Wildman–Crippen LogP) is 4.75. The highest BCUT2D eigenvalue weighted by molar-refractivity contribution is 5.81. The minimum absolute atomic E-state index is 0.542. The van der Waals surface area contributed by atoms with Crippen molar-refractivity contribution in [1.82, 2.24) is 14.5 Å². The summed E-state index contributed by atoms with van der Waals surface area (Å²) in [5.74, 6) is 3.10. The molecule has 4 rings (SSSR count). The van der Waals surface area contributed by atoms with E-state index in [4.69, 9.17) is 0 Å². The lowest BCUT2D eigenvalue weighted by Crippen LogP contribution is -2.05. The molecule has 0 aliphatic heterocycles. The number of fused-ring (bicyclic) bond motifs is 1. The van der Waals surface area contributed by atoms with Crippen LogP contribution in [-0.2, 0) is 6.54 Å². The van der Waals surface area contributed by atoms with E-state index in [0.29, 0.717) is 5.92 Å². The number of nitrogens with zero attached hydrogens (tertiary/aromatic N) is 3. The van der Waals surface area contributed by atoms with E-state index in [9.17, 15) is 0 Å². The van der Waals surface area contributed by atoms with Crippen LogP contribution in [0.25, 0.3) is 11.0 Å². The maximum atomic E-state index is 4.65. The van der Waals surface area contributed by atoms with E-state index in [1.54, 1.807) is 0 Å². The smallest absolute Gasteiger partial charge is 0.203 e. The van der Waals surface area contributed by atoms with Crippen LogP contribution < -0.4 is 10.6 Å². The van der Waals surface area contributed by atoms with Gasteiger partial charge < -0.3 is 15.2 Å². The number of imidazole rings is 1. The molecule has 2 heterocycles. The molecule has 5 nitrogen and oxygen atoms in total. The average Bonchev–Trinajstić information content (AvgIpc) is 3.37. The highest BCUT2D eigenvalue weighted by Crippen LogP contribution is 2.33. The maximum Gasteiger partial charge on any atom is 0.203 e. The van der Waals surface area contributed by atoms with Crippen molar-refractivity contribution in [2.45, 2.75) is 39.2 Å². The Balaban J connectivity index is 1.63. The normalized spacial score (nSPS) is 14.2. The van der Waals surface area contributed by atoms with Crippen molar-refractivity contribution in [2.24, 2.45) is 5.92 Å². The molecule has 130 valence electrons. The van der Waals surface area contributed by atoms with E-state index < -0.39 is 0 Å². The lowest BCUT2D eigenvalue weighted by molar-refractivity contribution is 0.648. The van der Waals surface area contributed by atoms with Gasteiger partial charge in [-0.15, -0.1) is 0 Å². The van der Waals surface area contributed by atoms with Crippen LogP contribution in [0, 0.1) is 5.92 Å². The first-order chi connectivity index (χ1) is 12.1. The molecule has 5 heteroatoms. The van der Waals surface area contributed by atoms with Gasteiger partial charge in [0.15, 0.2) is 0 Å². The van der Waals surface area contributed by atoms with Crippen LogP contribution in [0.1, 0.15) is 38.2 Å². The van der Waals surface area contributed by atoms with Gasteiger partial charge >= 0.3 is 0 Å². The molecule has 0 unspecified atom stereocenters. The van der Waals surface area contributed by atoms with Crippen LogP contribution in [-0.4, -0.2) is 21.6 Å². The Morgan fingerprint density at radius 3 is 2.60 bits per heavy atom. The molecule has 1 aromatic carbocycles. The molecule has 2 N–H and O–H groups in total. The fourth-order valence-corrected chi connectivity index (χ4v) is 3.13. The van der Waals surface area contributed by atoms with Gasteiger partial charge in [-0.25, -0.2) is 9.97 Å². The van der Waals surface area contributed by atoms with Crippen LogP contribution in [0.5, 0.6) is 0 Å². The molecule has 0 amide bonds. The Morgan fingerprint density at radius 2 is 1.96 bits per heavy atom. The topological polar surface area (TPSA) is 54.8 Å². The summed E-state index contributed by atoms with van der Waals surface area (Å²) >= 11 is 0. The molecule has 1 saturated carbocycles. The minimum Gasteiger partial charge on any atom is -0.359 e. The fraction of sp³-hybridized carbons (Fsp3) is 0.400. The number of aromatic nitrogens is 3. The molecule has 3 aromatic rings. The molecule has 1 aliphatic rings. The van der Waals surface area contributed by atoms with Gasteiger partial charge in [0.25, 0.3) is 0 Å². The fourth-order valence-electron chi connectivity index (χ4n) is 3.13. The number of hydrogen-bond acceptors (Lipinski definition) is 4. The number of benzene rings is 1. The Hall–Kier alpha value is -2.56. The van der Waals surface area contributed by atoms with E-state index >= 15 is 0 Å². The first kappa shape index (κ1) is 15.9. The second kappa shape index (κ2) is 6.39. The number of pyridine rings is 1. The second-order valence-corrected chi connectivity index (χ2v) is 7.20. The zero-order valence-corrected chi connectivity index (χ0v) is 15.1. The van der Waals surface area contributed by atoms with Gasteiger partial charge in [0, 0.05) is 25.3 Å². The van der Waals surface area contributed by atoms with Crippen molar-refractivity contribution in [3.8, 4) is 0 Å². The number of anilines is 3. The molecule has 0 radical (unpaired) electrons. The van der Waals surface area contributed by atoms with Gasteiger partial charge in [-0.3, -0.25) is 0 Å². The van der Waals surface area contributed by atoms with Crippen LogP contribution in [0.15, 0.2) is 36.5 Å². The average molecular weight is 335 g/mol. The van der Waals surface area contributed by atoms with Crippen molar-refractivity contribution in [2.75, 3.05) is 17.7 Å². The van der Waals surface area contributed by atoms with Crippen molar-refractivity contribution >= 4 is 28.5 Å². The van der Waals surface area contributed by atoms with Gasteiger partial charge in [0.2, 0.25) is 5.95 Å². The molecule has 1 fully saturated rings. The summed E-state index contributed by atoms with van der Waals surface area (Å²) in [7, 11) is 1.92. The highest BCUT2D eigenvalue weighted by Gasteiger charge is 2.24. The summed E-state index contributed by atoms with van der Waals surface area (Å²) in [4.78, 5) is 9.18. The Morgan fingerprint density at radius 1 is 1.20 bits per heavy atom. The van der Waals surface area contributed by atoms with Gasteiger partial charge in [-0.05, 0) is 42.4 Å². The van der Waals surface area contributed by atoms with Crippen molar-refractivity contribution in [3.05, 3.63) is 42.1 Å². The maximum absolute atomic E-state index is 4.65. The van der Waals surface area contributed by atoms with Gasteiger partial charge in [0.05, 0.1) is 11.7 Å². The molecule has 1 aliphatic carbocycles. The molecule has 25 heavy (non-hydrogen) atoms. The standard InChI is InChI=1S/C20H25N5/c1-13(2)15-6-8-16(9-7-15)23-19-10-18-17(11-22-19)24-20(21-3)25(18)12-14-4-5-14/h6-11,13-14H,4-5,12H2,1-3H3,(H,21,24)(H,22,23). The molecule has 0 atom stereocenters. The van der Waals surface area contributed by atoms with E-state index in [2.05, 4.69) is 69.3 Å². The Labute approximate surface area is 148 Å². The van der Waals surface area contributed by atoms with Gasteiger partial charge in [-0.2, -0.15) is 0 Å². The van der Waals surface area contributed by atoms with Crippen LogP contribution in [0.3, 0.4) is 0 Å². The van der Waals surface area contributed by atoms with Gasteiger partial charge in [-0.1, -0.05) is 26.0 Å². The number of rotatable bonds is 6. The zero-order valence-electron chi connectivity index (χ0n) is 15.1. The summed E-state index contributed by atoms with van der Waals surface area (Å²) in [5, 5.41) is 6.62. The van der Waals surface area contributed by atoms with Crippen molar-refractivity contribution < 1.29 is 0 Å². The summed E-state index contributed by atoms with van der Waals surface area (Å²) in [5.41, 5.74) is 4.46. The number of hydrogen-bond donors (Lipinski definition) is 2. The summed E-state index contributed by atoms with van der Waals surface area (Å²) in [6.45, 7) is 5.44. The van der Waals surface area contributed by atoms with Crippen molar-refractivity contribution in [3.63, 3.8) is 0 Å². The monoisotopic (exact) mass is 335 g/mol. The van der Waals surface area contributed by atoms with E-state index in [1.165, 1.54) is 18.4 Å². The number of nitrogens with one attached hydrogen (secondary N) is 2. The highest BCUT2D eigenvalue weighted by atomic mass is 15.2. The third-order valence-corrected chi connectivity index (χ3v) is 4.85. The summed E-state index contributed by atoms with van der Waals surface area (Å²) in [6.07, 6.45) is 4.49. The summed E-state index contributed by atoms with van der Waals surface area (Å²) < 4.78 is 2.28. The van der Waals surface area contributed by atoms with Gasteiger partial charge in [0.1, 0.15) is 11.3 Å². The van der Waals surface area contributed by atoms with E-state index in [0.717, 1.165) is 40.9 Å². The van der Waals surface area contributed by atoms with E-state index in [-0.39, 0.29) is 0 Å². The quantitative estimate of drug-likeness (QED) is 0.682. The van der Waals surface area contributed by atoms with Crippen LogP contribution in [0.4, 0.5) is 17.5 Å².